The Morgan fingerprint density at radius 3 is 2.69 bits per heavy atom. The molecule has 1 unspecified atom stereocenters. The van der Waals surface area contributed by atoms with E-state index < -0.39 is 0 Å². The Morgan fingerprint density at radius 2 is 2.04 bits per heavy atom. The molecule has 138 valence electrons. The minimum atomic E-state index is -0.269. The fourth-order valence-electron chi connectivity index (χ4n) is 3.57. The average molecular weight is 375 g/mol. The summed E-state index contributed by atoms with van der Waals surface area (Å²) in [5, 5.41) is 15.0. The maximum absolute atomic E-state index is 13.9. The lowest BCUT2D eigenvalue weighted by Crippen LogP contribution is -2.47. The number of likely N-dealkylation sites (N-methyl/N-ethyl adjacent to an activating group) is 1. The van der Waals surface area contributed by atoms with E-state index in [0.717, 1.165) is 43.2 Å². The first-order valence-electron chi connectivity index (χ1n) is 8.83. The van der Waals surface area contributed by atoms with E-state index in [2.05, 4.69) is 26.8 Å². The molecular weight excluding hydrogens is 353 g/mol. The second-order valence-corrected chi connectivity index (χ2v) is 7.58. The molecule has 1 atom stereocenters. The number of benzene rings is 1. The standard InChI is InChI=1S/C18H22FN5OS/c1-3-22-7-9-23(10-8-22)15(13-5-4-6-14(19)11-13)16-17(25)24-18(26-16)20-12(2)21-24/h4-6,11,15,25H,3,7-10H2,1-2H3. The number of halogens is 1. The Morgan fingerprint density at radius 1 is 1.27 bits per heavy atom. The number of aryl methyl sites for hydroxylation is 1. The number of piperazine rings is 1. The number of aromatic nitrogens is 3. The van der Waals surface area contributed by atoms with Crippen molar-refractivity contribution in [3.05, 3.63) is 46.3 Å². The first-order valence-corrected chi connectivity index (χ1v) is 9.65. The third-order valence-corrected chi connectivity index (χ3v) is 6.01. The maximum atomic E-state index is 13.9. The molecule has 1 saturated heterocycles. The van der Waals surface area contributed by atoms with Crippen molar-refractivity contribution in [3.63, 3.8) is 0 Å². The molecule has 4 rings (SSSR count). The summed E-state index contributed by atoms with van der Waals surface area (Å²) in [6.45, 7) is 8.63. The Bertz CT molecular complexity index is 916. The third-order valence-electron chi connectivity index (χ3n) is 4.94. The predicted molar refractivity (Wildman–Crippen MR) is 99.2 cm³/mol. The summed E-state index contributed by atoms with van der Waals surface area (Å²) in [4.78, 5) is 10.5. The zero-order chi connectivity index (χ0) is 18.3. The summed E-state index contributed by atoms with van der Waals surface area (Å²) < 4.78 is 15.4. The van der Waals surface area contributed by atoms with Crippen molar-refractivity contribution >= 4 is 16.3 Å². The second kappa shape index (κ2) is 6.94. The topological polar surface area (TPSA) is 56.9 Å². The van der Waals surface area contributed by atoms with Crippen molar-refractivity contribution in [2.75, 3.05) is 32.7 Å². The Kier molecular flexibility index (Phi) is 4.64. The van der Waals surface area contributed by atoms with Gasteiger partial charge in [0.05, 0.1) is 10.9 Å². The van der Waals surface area contributed by atoms with Gasteiger partial charge in [-0.2, -0.15) is 4.52 Å². The number of hydrogen-bond donors (Lipinski definition) is 1. The number of aromatic hydroxyl groups is 1. The highest BCUT2D eigenvalue weighted by molar-refractivity contribution is 7.17. The van der Waals surface area contributed by atoms with Gasteiger partial charge in [0.25, 0.3) is 0 Å². The van der Waals surface area contributed by atoms with Crippen LogP contribution in [0.1, 0.15) is 29.2 Å². The van der Waals surface area contributed by atoms with E-state index in [1.54, 1.807) is 19.1 Å². The minimum Gasteiger partial charge on any atom is -0.492 e. The lowest BCUT2D eigenvalue weighted by atomic mass is 10.0. The summed E-state index contributed by atoms with van der Waals surface area (Å²) in [5.74, 6) is 0.448. The average Bonchev–Trinajstić information content (AvgIpc) is 3.14. The monoisotopic (exact) mass is 375 g/mol. The highest BCUT2D eigenvalue weighted by Gasteiger charge is 2.31. The van der Waals surface area contributed by atoms with E-state index in [1.165, 1.54) is 21.9 Å². The van der Waals surface area contributed by atoms with Gasteiger partial charge in [0.15, 0.2) is 0 Å². The molecule has 0 aliphatic carbocycles. The van der Waals surface area contributed by atoms with Crippen molar-refractivity contribution in [2.24, 2.45) is 0 Å². The molecule has 0 bridgehead atoms. The van der Waals surface area contributed by atoms with Crippen LogP contribution in [0, 0.1) is 12.7 Å². The van der Waals surface area contributed by atoms with Gasteiger partial charge in [-0.3, -0.25) is 4.90 Å². The van der Waals surface area contributed by atoms with Crippen LogP contribution in [0.2, 0.25) is 0 Å². The minimum absolute atomic E-state index is 0.0952. The van der Waals surface area contributed by atoms with Crippen LogP contribution in [0.4, 0.5) is 4.39 Å². The molecule has 0 spiro atoms. The largest absolute Gasteiger partial charge is 0.492 e. The number of hydrogen-bond acceptors (Lipinski definition) is 6. The summed E-state index contributed by atoms with van der Waals surface area (Å²) in [6.07, 6.45) is 0. The smallest absolute Gasteiger partial charge is 0.230 e. The highest BCUT2D eigenvalue weighted by Crippen LogP contribution is 2.40. The van der Waals surface area contributed by atoms with Gasteiger partial charge in [-0.05, 0) is 31.2 Å². The van der Waals surface area contributed by atoms with Gasteiger partial charge in [0.1, 0.15) is 11.6 Å². The SMILES string of the molecule is CCN1CCN(C(c2cccc(F)c2)c2sc3nc(C)nn3c2O)CC1. The van der Waals surface area contributed by atoms with E-state index in [-0.39, 0.29) is 17.7 Å². The van der Waals surface area contributed by atoms with Gasteiger partial charge in [-0.1, -0.05) is 30.4 Å². The number of nitrogens with zero attached hydrogens (tertiary/aromatic N) is 5. The Labute approximate surface area is 155 Å². The van der Waals surface area contributed by atoms with Crippen LogP contribution in [0.3, 0.4) is 0 Å². The van der Waals surface area contributed by atoms with Crippen molar-refractivity contribution in [1.82, 2.24) is 24.4 Å². The molecule has 1 N–H and O–H groups in total. The van der Waals surface area contributed by atoms with Gasteiger partial charge >= 0.3 is 0 Å². The van der Waals surface area contributed by atoms with Crippen LogP contribution in [-0.4, -0.2) is 62.2 Å². The number of rotatable bonds is 4. The van der Waals surface area contributed by atoms with Crippen LogP contribution >= 0.6 is 11.3 Å². The molecule has 0 saturated carbocycles. The number of thiazole rings is 1. The summed E-state index contributed by atoms with van der Waals surface area (Å²) in [6, 6.07) is 6.43. The summed E-state index contributed by atoms with van der Waals surface area (Å²) in [5.41, 5.74) is 0.839. The molecule has 1 aromatic carbocycles. The van der Waals surface area contributed by atoms with E-state index >= 15 is 0 Å². The van der Waals surface area contributed by atoms with Crippen molar-refractivity contribution < 1.29 is 9.50 Å². The van der Waals surface area contributed by atoms with Gasteiger partial charge < -0.3 is 10.0 Å². The molecule has 26 heavy (non-hydrogen) atoms. The zero-order valence-electron chi connectivity index (χ0n) is 14.9. The van der Waals surface area contributed by atoms with Crippen molar-refractivity contribution in [2.45, 2.75) is 19.9 Å². The second-order valence-electron chi connectivity index (χ2n) is 6.57. The molecular formula is C18H22FN5OS. The fraction of sp³-hybridized carbons (Fsp3) is 0.444. The Hall–Kier alpha value is -2.03. The first-order chi connectivity index (χ1) is 12.6. The maximum Gasteiger partial charge on any atom is 0.230 e. The van der Waals surface area contributed by atoms with Crippen LogP contribution in [0.25, 0.3) is 4.96 Å². The molecule has 1 fully saturated rings. The highest BCUT2D eigenvalue weighted by atomic mass is 32.1. The zero-order valence-corrected chi connectivity index (χ0v) is 15.7. The summed E-state index contributed by atoms with van der Waals surface area (Å²) >= 11 is 1.42. The lowest BCUT2D eigenvalue weighted by Gasteiger charge is -2.38. The van der Waals surface area contributed by atoms with Gasteiger partial charge in [-0.15, -0.1) is 5.10 Å². The van der Waals surface area contributed by atoms with Crippen molar-refractivity contribution in [1.29, 1.82) is 0 Å². The van der Waals surface area contributed by atoms with Crippen LogP contribution in [-0.2, 0) is 0 Å². The fourth-order valence-corrected chi connectivity index (χ4v) is 4.73. The molecule has 1 aliphatic heterocycles. The molecule has 6 nitrogen and oxygen atoms in total. The van der Waals surface area contributed by atoms with E-state index in [1.807, 2.05) is 6.07 Å². The van der Waals surface area contributed by atoms with Gasteiger partial charge in [0, 0.05) is 26.2 Å². The quantitative estimate of drug-likeness (QED) is 0.760. The van der Waals surface area contributed by atoms with Gasteiger partial charge in [0.2, 0.25) is 10.8 Å². The van der Waals surface area contributed by atoms with E-state index in [9.17, 15) is 9.50 Å². The summed E-state index contributed by atoms with van der Waals surface area (Å²) in [7, 11) is 0. The Balaban J connectivity index is 1.77. The van der Waals surface area contributed by atoms with Crippen LogP contribution in [0.5, 0.6) is 5.88 Å². The normalized spacial score (nSPS) is 17.8. The van der Waals surface area contributed by atoms with Gasteiger partial charge in [-0.25, -0.2) is 9.37 Å². The molecule has 1 aliphatic rings. The van der Waals surface area contributed by atoms with Crippen LogP contribution < -0.4 is 0 Å². The molecule has 0 radical (unpaired) electrons. The van der Waals surface area contributed by atoms with Crippen LogP contribution in [0.15, 0.2) is 24.3 Å². The molecule has 2 aromatic heterocycles. The molecule has 3 heterocycles. The van der Waals surface area contributed by atoms with E-state index in [0.29, 0.717) is 10.8 Å². The predicted octanol–water partition coefficient (Wildman–Crippen LogP) is 2.67. The number of fused-ring (bicyclic) bond motifs is 1. The molecule has 3 aromatic rings. The molecule has 0 amide bonds. The third kappa shape index (κ3) is 3.08. The van der Waals surface area contributed by atoms with E-state index in [4.69, 9.17) is 0 Å². The molecule has 8 heteroatoms. The first kappa shape index (κ1) is 17.4. The van der Waals surface area contributed by atoms with Crippen molar-refractivity contribution in [3.8, 4) is 5.88 Å². The lowest BCUT2D eigenvalue weighted by molar-refractivity contribution is 0.113.